The van der Waals surface area contributed by atoms with Crippen molar-refractivity contribution < 1.29 is 9.53 Å². The smallest absolute Gasteiger partial charge is 0.270 e. The van der Waals surface area contributed by atoms with Crippen LogP contribution in [0.3, 0.4) is 0 Å². The van der Waals surface area contributed by atoms with E-state index in [1.807, 2.05) is 42.5 Å². The Balaban J connectivity index is 1.95. The van der Waals surface area contributed by atoms with Crippen LogP contribution in [0.25, 0.3) is 6.08 Å². The van der Waals surface area contributed by atoms with Crippen LogP contribution >= 0.6 is 0 Å². The van der Waals surface area contributed by atoms with Crippen LogP contribution in [0.4, 0.5) is 5.82 Å². The van der Waals surface area contributed by atoms with Gasteiger partial charge in [0, 0.05) is 17.4 Å². The molecule has 1 aliphatic rings. The fourth-order valence-electron chi connectivity index (χ4n) is 3.85. The van der Waals surface area contributed by atoms with Crippen molar-refractivity contribution in [3.8, 4) is 5.75 Å². The molecule has 0 spiro atoms. The third-order valence-electron chi connectivity index (χ3n) is 5.29. The van der Waals surface area contributed by atoms with Gasteiger partial charge in [-0.25, -0.2) is 0 Å². The number of aromatic nitrogens is 2. The van der Waals surface area contributed by atoms with Crippen molar-refractivity contribution >= 4 is 17.8 Å². The van der Waals surface area contributed by atoms with Gasteiger partial charge in [0.15, 0.2) is 5.82 Å². The molecule has 0 radical (unpaired) electrons. The van der Waals surface area contributed by atoms with Crippen molar-refractivity contribution in [1.29, 1.82) is 0 Å². The molecule has 4 rings (SSSR count). The first-order valence-electron chi connectivity index (χ1n) is 9.02. The number of nitrogen functional groups attached to an aromatic ring is 1. The third-order valence-corrected chi connectivity index (χ3v) is 5.29. The van der Waals surface area contributed by atoms with Crippen molar-refractivity contribution in [3.63, 3.8) is 0 Å². The number of allylic oxidation sites excluding steroid dienone is 2. The van der Waals surface area contributed by atoms with Crippen LogP contribution in [0.1, 0.15) is 27.2 Å². The van der Waals surface area contributed by atoms with E-state index in [1.54, 1.807) is 7.11 Å². The summed E-state index contributed by atoms with van der Waals surface area (Å²) in [5, 5.41) is 4.25. The largest absolute Gasteiger partial charge is 0.497 e. The highest BCUT2D eigenvalue weighted by Gasteiger charge is 2.38. The maximum atomic E-state index is 12.4. The van der Waals surface area contributed by atoms with Crippen molar-refractivity contribution in [2.75, 3.05) is 12.8 Å². The van der Waals surface area contributed by atoms with Gasteiger partial charge < -0.3 is 10.5 Å². The fourth-order valence-corrected chi connectivity index (χ4v) is 3.85. The summed E-state index contributed by atoms with van der Waals surface area (Å²) >= 11 is 0. The lowest BCUT2D eigenvalue weighted by atomic mass is 9.68. The maximum absolute atomic E-state index is 12.4. The van der Waals surface area contributed by atoms with Crippen molar-refractivity contribution in [1.82, 2.24) is 9.78 Å². The Kier molecular flexibility index (Phi) is 4.35. The molecule has 0 saturated heterocycles. The predicted molar refractivity (Wildman–Crippen MR) is 110 cm³/mol. The van der Waals surface area contributed by atoms with Gasteiger partial charge in [0.1, 0.15) is 5.75 Å². The molecule has 5 heteroatoms. The normalized spacial score (nSPS) is 17.8. The minimum Gasteiger partial charge on any atom is -0.497 e. The zero-order chi connectivity index (χ0) is 19.7. The van der Waals surface area contributed by atoms with Gasteiger partial charge in [0.2, 0.25) is 0 Å². The first kappa shape index (κ1) is 17.8. The molecule has 1 aliphatic carbocycles. The summed E-state index contributed by atoms with van der Waals surface area (Å²) in [7, 11) is 1.65. The highest BCUT2D eigenvalue weighted by atomic mass is 16.5. The molecule has 1 unspecified atom stereocenters. The zero-order valence-corrected chi connectivity index (χ0v) is 15.6. The number of benzene rings is 2. The van der Waals surface area contributed by atoms with Gasteiger partial charge in [0.25, 0.3) is 5.91 Å². The molecule has 28 heavy (non-hydrogen) atoms. The van der Waals surface area contributed by atoms with Crippen molar-refractivity contribution in [2.45, 2.75) is 11.8 Å². The van der Waals surface area contributed by atoms with E-state index in [9.17, 15) is 4.79 Å². The van der Waals surface area contributed by atoms with E-state index < -0.39 is 5.41 Å². The van der Waals surface area contributed by atoms with Gasteiger partial charge in [-0.15, -0.1) is 5.10 Å². The van der Waals surface area contributed by atoms with E-state index in [2.05, 4.69) is 36.0 Å². The number of nitrogens with zero attached hydrogens (tertiary/aromatic N) is 2. The van der Waals surface area contributed by atoms with Gasteiger partial charge in [-0.3, -0.25) is 4.79 Å². The summed E-state index contributed by atoms with van der Waals surface area (Å²) in [5.74, 6) is 0.826. The van der Waals surface area contributed by atoms with Crippen molar-refractivity contribution in [2.24, 2.45) is 0 Å². The van der Waals surface area contributed by atoms with Gasteiger partial charge in [-0.1, -0.05) is 61.2 Å². The summed E-state index contributed by atoms with van der Waals surface area (Å²) in [6, 6.07) is 18.2. The predicted octanol–water partition coefficient (Wildman–Crippen LogP) is 3.86. The first-order valence-corrected chi connectivity index (χ1v) is 9.02. The molecule has 1 heterocycles. The van der Waals surface area contributed by atoms with Crippen LogP contribution in [0.2, 0.25) is 0 Å². The molecule has 2 N–H and O–H groups in total. The fraction of sp³-hybridized carbons (Fsp3) is 0.130. The monoisotopic (exact) mass is 371 g/mol. The Morgan fingerprint density at radius 3 is 2.68 bits per heavy atom. The lowest BCUT2D eigenvalue weighted by Crippen LogP contribution is -2.32. The Morgan fingerprint density at radius 1 is 1.21 bits per heavy atom. The van der Waals surface area contributed by atoms with Crippen LogP contribution in [0.15, 0.2) is 73.3 Å². The molecule has 0 aliphatic heterocycles. The average Bonchev–Trinajstić information content (AvgIpc) is 3.09. The van der Waals surface area contributed by atoms with E-state index in [-0.39, 0.29) is 5.91 Å². The molecule has 0 amide bonds. The second kappa shape index (κ2) is 6.85. The zero-order valence-electron chi connectivity index (χ0n) is 15.6. The standard InChI is InChI=1S/C23H21N3O2/c1-3-21(27)26-20-15-23(16-8-5-4-6-9-16,13-12-19(20)22(24)25-26)17-10-7-11-18(14-17)28-2/h3-14H,1,15H2,2H3,(H2,24,25). The van der Waals surface area contributed by atoms with Crippen molar-refractivity contribution in [3.05, 3.63) is 95.7 Å². The molecular weight excluding hydrogens is 350 g/mol. The Labute approximate surface area is 163 Å². The second-order valence-electron chi connectivity index (χ2n) is 6.78. The highest BCUT2D eigenvalue weighted by molar-refractivity contribution is 5.90. The molecule has 0 fully saturated rings. The van der Waals surface area contributed by atoms with Crippen LogP contribution in [-0.4, -0.2) is 22.8 Å². The quantitative estimate of drug-likeness (QED) is 0.707. The number of fused-ring (bicyclic) bond motifs is 1. The first-order chi connectivity index (χ1) is 13.6. The second-order valence-corrected chi connectivity index (χ2v) is 6.78. The molecule has 0 bridgehead atoms. The summed E-state index contributed by atoms with van der Waals surface area (Å²) in [5.41, 5.74) is 9.34. The number of carbonyl (C=O) groups is 1. The van der Waals surface area contributed by atoms with Gasteiger partial charge in [0.05, 0.1) is 12.8 Å². The van der Waals surface area contributed by atoms with E-state index in [0.717, 1.165) is 28.1 Å². The van der Waals surface area contributed by atoms with E-state index in [1.165, 1.54) is 10.8 Å². The lowest BCUT2D eigenvalue weighted by Gasteiger charge is -2.35. The summed E-state index contributed by atoms with van der Waals surface area (Å²) in [4.78, 5) is 12.4. The minimum atomic E-state index is -0.478. The number of ether oxygens (including phenoxy) is 1. The average molecular weight is 371 g/mol. The number of hydrogen-bond donors (Lipinski definition) is 1. The van der Waals surface area contributed by atoms with E-state index >= 15 is 0 Å². The molecule has 1 atom stereocenters. The van der Waals surface area contributed by atoms with E-state index in [0.29, 0.717) is 12.2 Å². The molecule has 1 aromatic heterocycles. The topological polar surface area (TPSA) is 70.1 Å². The summed E-state index contributed by atoms with van der Waals surface area (Å²) in [6.07, 6.45) is 5.89. The summed E-state index contributed by atoms with van der Waals surface area (Å²) < 4.78 is 6.81. The Bertz CT molecular complexity index is 1080. The number of rotatable bonds is 4. The maximum Gasteiger partial charge on any atom is 0.270 e. The van der Waals surface area contributed by atoms with Crippen LogP contribution in [0.5, 0.6) is 5.75 Å². The third kappa shape index (κ3) is 2.72. The molecule has 0 saturated carbocycles. The van der Waals surface area contributed by atoms with Crippen LogP contribution in [-0.2, 0) is 11.8 Å². The SMILES string of the molecule is C=CC(=O)n1nc(N)c2c1CC(c1ccccc1)(c1cccc(OC)c1)C=C2. The number of carbonyl (C=O) groups excluding carboxylic acids is 1. The molecule has 140 valence electrons. The number of hydrogen-bond acceptors (Lipinski definition) is 4. The minimum absolute atomic E-state index is 0.296. The number of methoxy groups -OCH3 is 1. The van der Waals surface area contributed by atoms with Gasteiger partial charge in [-0.2, -0.15) is 4.68 Å². The molecular formula is C23H21N3O2. The van der Waals surface area contributed by atoms with Crippen LogP contribution < -0.4 is 10.5 Å². The number of anilines is 1. The Morgan fingerprint density at radius 2 is 1.96 bits per heavy atom. The molecule has 2 aromatic carbocycles. The lowest BCUT2D eigenvalue weighted by molar-refractivity contribution is 0.0950. The van der Waals surface area contributed by atoms with Gasteiger partial charge in [-0.05, 0) is 29.3 Å². The highest BCUT2D eigenvalue weighted by Crippen LogP contribution is 2.43. The van der Waals surface area contributed by atoms with E-state index in [4.69, 9.17) is 10.5 Å². The molecule has 3 aromatic rings. The summed E-state index contributed by atoms with van der Waals surface area (Å²) in [6.45, 7) is 3.58. The Hall–Kier alpha value is -3.60. The molecule has 5 nitrogen and oxygen atoms in total. The van der Waals surface area contributed by atoms with Gasteiger partial charge >= 0.3 is 0 Å². The number of nitrogens with two attached hydrogens (primary N) is 1. The van der Waals surface area contributed by atoms with Crippen LogP contribution in [0, 0.1) is 0 Å².